The fourth-order valence-electron chi connectivity index (χ4n) is 3.29. The molecule has 0 unspecified atom stereocenters. The van der Waals surface area contributed by atoms with E-state index in [0.717, 1.165) is 40.6 Å². The van der Waals surface area contributed by atoms with Crippen LogP contribution in [0.2, 0.25) is 0 Å². The van der Waals surface area contributed by atoms with E-state index in [1.54, 1.807) is 30.3 Å². The molecule has 156 valence electrons. The summed E-state index contributed by atoms with van der Waals surface area (Å²) < 4.78 is 28.4. The van der Waals surface area contributed by atoms with Crippen molar-refractivity contribution >= 4 is 44.7 Å². The molecular formula is C22H22N2O3S3. The van der Waals surface area contributed by atoms with Gasteiger partial charge in [0.1, 0.15) is 0 Å². The summed E-state index contributed by atoms with van der Waals surface area (Å²) in [6, 6.07) is 18.3. The number of sulfonamides is 1. The maximum Gasteiger partial charge on any atom is 0.261 e. The predicted octanol–water partition coefficient (Wildman–Crippen LogP) is 4.33. The van der Waals surface area contributed by atoms with Crippen molar-refractivity contribution in [3.8, 4) is 11.1 Å². The monoisotopic (exact) mass is 458 g/mol. The summed E-state index contributed by atoms with van der Waals surface area (Å²) in [5, 5.41) is 1.81. The Kier molecular flexibility index (Phi) is 6.46. The van der Waals surface area contributed by atoms with Crippen molar-refractivity contribution in [1.82, 2.24) is 4.90 Å². The first-order chi connectivity index (χ1) is 14.5. The molecule has 1 fully saturated rings. The normalized spacial score (nSPS) is 14.5. The lowest BCUT2D eigenvalue weighted by molar-refractivity contribution is -0.130. The third-order valence-electron chi connectivity index (χ3n) is 4.94. The van der Waals surface area contributed by atoms with Gasteiger partial charge in [0.25, 0.3) is 10.0 Å². The molecule has 0 radical (unpaired) electrons. The lowest BCUT2D eigenvalue weighted by Gasteiger charge is -2.26. The van der Waals surface area contributed by atoms with Crippen LogP contribution in [0.5, 0.6) is 0 Å². The average molecular weight is 459 g/mol. The van der Waals surface area contributed by atoms with Crippen LogP contribution in [0.15, 0.2) is 70.9 Å². The van der Waals surface area contributed by atoms with Gasteiger partial charge in [-0.1, -0.05) is 42.5 Å². The minimum absolute atomic E-state index is 0.0467. The van der Waals surface area contributed by atoms with E-state index in [-0.39, 0.29) is 17.2 Å². The van der Waals surface area contributed by atoms with Gasteiger partial charge in [-0.3, -0.25) is 9.52 Å². The third-order valence-corrected chi connectivity index (χ3v) is 8.18. The summed E-state index contributed by atoms with van der Waals surface area (Å²) in [4.78, 5) is 15.4. The van der Waals surface area contributed by atoms with Crippen LogP contribution < -0.4 is 4.72 Å². The highest BCUT2D eigenvalue weighted by Crippen LogP contribution is 2.28. The lowest BCUT2D eigenvalue weighted by Crippen LogP contribution is -2.38. The molecule has 8 heteroatoms. The maximum absolute atomic E-state index is 12.9. The number of hydrogen-bond acceptors (Lipinski definition) is 5. The number of amides is 1. The zero-order chi connectivity index (χ0) is 21.0. The molecule has 0 atom stereocenters. The fraction of sp³-hybridized carbons (Fsp3) is 0.227. The molecule has 0 saturated carbocycles. The number of thiophene rings is 1. The van der Waals surface area contributed by atoms with Crippen molar-refractivity contribution in [1.29, 1.82) is 0 Å². The summed E-state index contributed by atoms with van der Waals surface area (Å²) >= 11 is 3.25. The zero-order valence-corrected chi connectivity index (χ0v) is 18.7. The molecule has 0 bridgehead atoms. The number of rotatable bonds is 6. The molecule has 1 aliphatic heterocycles. The maximum atomic E-state index is 12.9. The Morgan fingerprint density at radius 2 is 1.60 bits per heavy atom. The van der Waals surface area contributed by atoms with Gasteiger partial charge in [0.2, 0.25) is 5.91 Å². The Bertz CT molecular complexity index is 1100. The third kappa shape index (κ3) is 4.88. The van der Waals surface area contributed by atoms with E-state index >= 15 is 0 Å². The van der Waals surface area contributed by atoms with Gasteiger partial charge in [-0.15, -0.1) is 11.3 Å². The minimum atomic E-state index is -3.74. The first kappa shape index (κ1) is 21.0. The average Bonchev–Trinajstić information content (AvgIpc) is 3.21. The number of nitrogens with zero attached hydrogens (tertiary/aromatic N) is 1. The minimum Gasteiger partial charge on any atom is -0.341 e. The first-order valence-electron chi connectivity index (χ1n) is 9.63. The van der Waals surface area contributed by atoms with Crippen LogP contribution in [-0.2, 0) is 21.2 Å². The second kappa shape index (κ2) is 9.24. The van der Waals surface area contributed by atoms with Gasteiger partial charge >= 0.3 is 0 Å². The molecule has 0 spiro atoms. The number of carbonyl (C=O) groups excluding carboxylic acids is 1. The molecule has 1 N–H and O–H groups in total. The van der Waals surface area contributed by atoms with Gasteiger partial charge in [-0.25, -0.2) is 8.42 Å². The van der Waals surface area contributed by atoms with Crippen molar-refractivity contribution in [2.75, 3.05) is 29.3 Å². The second-order valence-electron chi connectivity index (χ2n) is 6.92. The smallest absolute Gasteiger partial charge is 0.261 e. The molecule has 1 saturated heterocycles. The van der Waals surface area contributed by atoms with E-state index < -0.39 is 10.0 Å². The largest absolute Gasteiger partial charge is 0.341 e. The molecular weight excluding hydrogens is 436 g/mol. The Morgan fingerprint density at radius 3 is 2.30 bits per heavy atom. The van der Waals surface area contributed by atoms with Crippen LogP contribution in [0.25, 0.3) is 11.1 Å². The first-order valence-corrected chi connectivity index (χ1v) is 13.1. The quantitative estimate of drug-likeness (QED) is 0.597. The SMILES string of the molecule is O=C(Cc1sccc1NS(=O)(=O)c1ccc(-c2ccccc2)cc1)N1CCSCC1. The van der Waals surface area contributed by atoms with Crippen LogP contribution in [0.1, 0.15) is 4.88 Å². The van der Waals surface area contributed by atoms with Crippen molar-refractivity contribution in [2.45, 2.75) is 11.3 Å². The van der Waals surface area contributed by atoms with Gasteiger partial charge in [0.15, 0.2) is 0 Å². The Hall–Kier alpha value is -2.29. The number of nitrogens with one attached hydrogen (secondary N) is 1. The molecule has 1 aromatic heterocycles. The van der Waals surface area contributed by atoms with E-state index in [9.17, 15) is 13.2 Å². The van der Waals surface area contributed by atoms with Crippen LogP contribution >= 0.6 is 23.1 Å². The summed E-state index contributed by atoms with van der Waals surface area (Å²) in [5.74, 6) is 1.95. The molecule has 5 nitrogen and oxygen atoms in total. The van der Waals surface area contributed by atoms with Crippen molar-refractivity contribution < 1.29 is 13.2 Å². The van der Waals surface area contributed by atoms with Crippen molar-refractivity contribution in [3.05, 3.63) is 70.9 Å². The topological polar surface area (TPSA) is 66.5 Å². The number of carbonyl (C=O) groups is 1. The molecule has 0 aliphatic carbocycles. The molecule has 30 heavy (non-hydrogen) atoms. The van der Waals surface area contributed by atoms with Crippen LogP contribution in [0.4, 0.5) is 5.69 Å². The molecule has 4 rings (SSSR count). The standard InChI is InChI=1S/C22H22N2O3S3/c25-22(24-11-14-28-15-12-24)16-21-20(10-13-29-21)23-30(26,27)19-8-6-18(7-9-19)17-4-2-1-3-5-17/h1-10,13,23H,11-12,14-16H2. The van der Waals surface area contributed by atoms with Gasteiger partial charge in [-0.2, -0.15) is 11.8 Å². The highest BCUT2D eigenvalue weighted by molar-refractivity contribution is 7.99. The second-order valence-corrected chi connectivity index (χ2v) is 10.8. The van der Waals surface area contributed by atoms with E-state index in [4.69, 9.17) is 0 Å². The summed E-state index contributed by atoms with van der Waals surface area (Å²) in [7, 11) is -3.74. The van der Waals surface area contributed by atoms with Gasteiger partial charge in [0.05, 0.1) is 17.0 Å². The van der Waals surface area contributed by atoms with E-state index in [0.29, 0.717) is 5.69 Å². The van der Waals surface area contributed by atoms with Crippen LogP contribution in [0.3, 0.4) is 0 Å². The molecule has 1 aliphatic rings. The summed E-state index contributed by atoms with van der Waals surface area (Å²) in [5.41, 5.74) is 2.46. The van der Waals surface area contributed by atoms with Crippen molar-refractivity contribution in [2.24, 2.45) is 0 Å². The number of hydrogen-bond donors (Lipinski definition) is 1. The summed E-state index contributed by atoms with van der Waals surface area (Å²) in [6.45, 7) is 1.51. The number of benzene rings is 2. The zero-order valence-electron chi connectivity index (χ0n) is 16.3. The van der Waals surface area contributed by atoms with Crippen molar-refractivity contribution in [3.63, 3.8) is 0 Å². The number of anilines is 1. The highest BCUT2D eigenvalue weighted by atomic mass is 32.2. The molecule has 1 amide bonds. The summed E-state index contributed by atoms with van der Waals surface area (Å²) in [6.07, 6.45) is 0.215. The lowest BCUT2D eigenvalue weighted by atomic mass is 10.1. The van der Waals surface area contributed by atoms with Crippen LogP contribution in [0, 0.1) is 0 Å². The Morgan fingerprint density at radius 1 is 0.933 bits per heavy atom. The van der Waals surface area contributed by atoms with Crippen LogP contribution in [-0.4, -0.2) is 43.8 Å². The fourth-order valence-corrected chi connectivity index (χ4v) is 6.17. The number of thioether (sulfide) groups is 1. The van der Waals surface area contributed by atoms with E-state index in [2.05, 4.69) is 4.72 Å². The Balaban J connectivity index is 1.47. The van der Waals surface area contributed by atoms with Gasteiger partial charge in [0, 0.05) is 29.5 Å². The molecule has 2 heterocycles. The Labute approximate surface area is 185 Å². The van der Waals surface area contributed by atoms with Gasteiger partial charge < -0.3 is 4.90 Å². The predicted molar refractivity (Wildman–Crippen MR) is 125 cm³/mol. The van der Waals surface area contributed by atoms with E-state index in [1.165, 1.54) is 11.3 Å². The van der Waals surface area contributed by atoms with E-state index in [1.807, 2.05) is 52.4 Å². The highest BCUT2D eigenvalue weighted by Gasteiger charge is 2.21. The molecule has 3 aromatic rings. The molecule has 2 aromatic carbocycles. The van der Waals surface area contributed by atoms with Gasteiger partial charge in [-0.05, 0) is 34.7 Å².